The quantitative estimate of drug-likeness (QED) is 0.131. The summed E-state index contributed by atoms with van der Waals surface area (Å²) in [5.74, 6) is -2.39. The van der Waals surface area contributed by atoms with Gasteiger partial charge in [0.15, 0.2) is 11.6 Å². The molecule has 0 unspecified atom stereocenters. The van der Waals surface area contributed by atoms with E-state index in [1.807, 2.05) is 0 Å². The third kappa shape index (κ3) is 7.05. The summed E-state index contributed by atoms with van der Waals surface area (Å²) in [4.78, 5) is 23.5. The standard InChI is InChI=1S/C32H25FN2O7S2/c1-19-14-20(16-25(15-19)35-44(40,41)29-12-13-43-30(29)32(38)39)18-42-28-11-8-24(17-27(28)33)34-31(37)23-4-2-21(3-5-23)22-6-9-26(36)10-7-22/h2-17,35-36H,18H2,1H3,(H,34,37)(H,38,39). The molecule has 1 aromatic heterocycles. The minimum Gasteiger partial charge on any atom is -0.508 e. The number of halogens is 1. The molecule has 9 nitrogen and oxygen atoms in total. The fourth-order valence-corrected chi connectivity index (χ4v) is 6.71. The van der Waals surface area contributed by atoms with Gasteiger partial charge in [0, 0.05) is 23.0 Å². The fraction of sp³-hybridized carbons (Fsp3) is 0.0625. The Morgan fingerprint density at radius 2 is 1.57 bits per heavy atom. The van der Waals surface area contributed by atoms with Gasteiger partial charge in [-0.05, 0) is 89.2 Å². The zero-order valence-electron chi connectivity index (χ0n) is 23.1. The molecule has 224 valence electrons. The van der Waals surface area contributed by atoms with Gasteiger partial charge in [-0.15, -0.1) is 11.3 Å². The number of ether oxygens (including phenoxy) is 1. The molecule has 0 radical (unpaired) electrons. The van der Waals surface area contributed by atoms with E-state index < -0.39 is 27.7 Å². The number of benzene rings is 4. The summed E-state index contributed by atoms with van der Waals surface area (Å²) in [7, 11) is -4.17. The third-order valence-electron chi connectivity index (χ3n) is 6.43. The minimum atomic E-state index is -4.17. The van der Waals surface area contributed by atoms with Crippen LogP contribution in [0.15, 0.2) is 101 Å². The Morgan fingerprint density at radius 1 is 0.886 bits per heavy atom. The largest absolute Gasteiger partial charge is 0.508 e. The van der Waals surface area contributed by atoms with Crippen LogP contribution in [0.3, 0.4) is 0 Å². The molecular weight excluding hydrogens is 607 g/mol. The summed E-state index contributed by atoms with van der Waals surface area (Å²) in [6.45, 7) is 1.65. The summed E-state index contributed by atoms with van der Waals surface area (Å²) in [5.41, 5.74) is 3.77. The average Bonchev–Trinajstić information content (AvgIpc) is 3.49. The zero-order valence-corrected chi connectivity index (χ0v) is 24.7. The highest BCUT2D eigenvalue weighted by Crippen LogP contribution is 2.27. The van der Waals surface area contributed by atoms with Crippen LogP contribution in [0.4, 0.5) is 15.8 Å². The molecule has 44 heavy (non-hydrogen) atoms. The number of hydrogen-bond donors (Lipinski definition) is 4. The van der Waals surface area contributed by atoms with Crippen LogP contribution < -0.4 is 14.8 Å². The Balaban J connectivity index is 1.22. The predicted octanol–water partition coefficient (Wildman–Crippen LogP) is 6.90. The lowest BCUT2D eigenvalue weighted by atomic mass is 10.0. The lowest BCUT2D eigenvalue weighted by molar-refractivity contribution is 0.0698. The van der Waals surface area contributed by atoms with E-state index in [0.29, 0.717) is 16.7 Å². The van der Waals surface area contributed by atoms with Crippen molar-refractivity contribution in [3.05, 3.63) is 124 Å². The second-order valence-electron chi connectivity index (χ2n) is 9.74. The molecule has 5 aromatic rings. The van der Waals surface area contributed by atoms with Gasteiger partial charge in [0.25, 0.3) is 15.9 Å². The van der Waals surface area contributed by atoms with Gasteiger partial charge in [-0.1, -0.05) is 30.3 Å². The van der Waals surface area contributed by atoms with Crippen molar-refractivity contribution >= 4 is 44.6 Å². The van der Waals surface area contributed by atoms with Gasteiger partial charge in [-0.2, -0.15) is 0 Å². The van der Waals surface area contributed by atoms with E-state index in [9.17, 15) is 32.6 Å². The SMILES string of the molecule is Cc1cc(COc2ccc(NC(=O)c3ccc(-c4ccc(O)cc4)cc3)cc2F)cc(NS(=O)(=O)c2ccsc2C(=O)O)c1. The van der Waals surface area contributed by atoms with Gasteiger partial charge < -0.3 is 20.3 Å². The molecule has 0 atom stereocenters. The van der Waals surface area contributed by atoms with Crippen LogP contribution in [0.25, 0.3) is 11.1 Å². The number of thiophene rings is 1. The molecule has 0 bridgehead atoms. The maximum atomic E-state index is 14.9. The van der Waals surface area contributed by atoms with Gasteiger partial charge >= 0.3 is 5.97 Å². The van der Waals surface area contributed by atoms with Crippen molar-refractivity contribution in [2.75, 3.05) is 10.0 Å². The summed E-state index contributed by atoms with van der Waals surface area (Å²) in [5, 5.41) is 22.8. The molecule has 5 rings (SSSR count). The van der Waals surface area contributed by atoms with Crippen molar-refractivity contribution < 1.29 is 37.3 Å². The smallest absolute Gasteiger partial charge is 0.347 e. The van der Waals surface area contributed by atoms with E-state index >= 15 is 0 Å². The molecule has 4 aromatic carbocycles. The number of hydrogen-bond acceptors (Lipinski definition) is 7. The molecule has 0 aliphatic rings. The molecule has 0 saturated heterocycles. The van der Waals surface area contributed by atoms with E-state index in [2.05, 4.69) is 10.0 Å². The number of amides is 1. The van der Waals surface area contributed by atoms with Gasteiger partial charge in [0.05, 0.1) is 0 Å². The number of carboxylic acids is 1. The van der Waals surface area contributed by atoms with Crippen molar-refractivity contribution in [1.29, 1.82) is 0 Å². The molecule has 1 amide bonds. The second kappa shape index (κ2) is 12.6. The van der Waals surface area contributed by atoms with E-state index in [1.54, 1.807) is 67.6 Å². The van der Waals surface area contributed by atoms with Crippen LogP contribution >= 0.6 is 11.3 Å². The highest BCUT2D eigenvalue weighted by molar-refractivity contribution is 7.93. The van der Waals surface area contributed by atoms with Crippen molar-refractivity contribution in [2.45, 2.75) is 18.4 Å². The van der Waals surface area contributed by atoms with E-state index in [4.69, 9.17) is 4.74 Å². The molecule has 0 saturated carbocycles. The lowest BCUT2D eigenvalue weighted by Crippen LogP contribution is -2.15. The number of carbonyl (C=O) groups is 2. The van der Waals surface area contributed by atoms with Gasteiger partial charge in [0.1, 0.15) is 22.1 Å². The zero-order chi connectivity index (χ0) is 31.4. The molecule has 0 aliphatic heterocycles. The number of anilines is 2. The number of phenols is 1. The Kier molecular flexibility index (Phi) is 8.65. The first kappa shape index (κ1) is 30.3. The van der Waals surface area contributed by atoms with Crippen LogP contribution in [-0.4, -0.2) is 30.5 Å². The molecule has 0 fully saturated rings. The van der Waals surface area contributed by atoms with Crippen LogP contribution in [0.2, 0.25) is 0 Å². The molecule has 12 heteroatoms. The first-order valence-electron chi connectivity index (χ1n) is 13.1. The van der Waals surface area contributed by atoms with E-state index in [0.717, 1.165) is 28.5 Å². The molecule has 1 heterocycles. The highest BCUT2D eigenvalue weighted by Gasteiger charge is 2.24. The van der Waals surface area contributed by atoms with Crippen LogP contribution in [0.5, 0.6) is 11.5 Å². The number of nitrogens with one attached hydrogen (secondary N) is 2. The second-order valence-corrected chi connectivity index (χ2v) is 12.3. The third-order valence-corrected chi connectivity index (χ3v) is 8.89. The van der Waals surface area contributed by atoms with Gasteiger partial charge in [-0.3, -0.25) is 9.52 Å². The number of carbonyl (C=O) groups excluding carboxylic acids is 1. The molecular formula is C32H25FN2O7S2. The Bertz CT molecular complexity index is 1960. The lowest BCUT2D eigenvalue weighted by Gasteiger charge is -2.13. The van der Waals surface area contributed by atoms with Crippen LogP contribution in [0.1, 0.15) is 31.2 Å². The van der Waals surface area contributed by atoms with Crippen molar-refractivity contribution in [2.24, 2.45) is 0 Å². The summed E-state index contributed by atoms with van der Waals surface area (Å²) in [6, 6.07) is 23.6. The number of sulfonamides is 1. The molecule has 0 spiro atoms. The highest BCUT2D eigenvalue weighted by atomic mass is 32.2. The minimum absolute atomic E-state index is 0.0748. The van der Waals surface area contributed by atoms with Crippen molar-refractivity contribution in [1.82, 2.24) is 0 Å². The Labute approximate surface area is 256 Å². The number of aromatic carboxylic acids is 1. The first-order valence-corrected chi connectivity index (χ1v) is 15.4. The maximum absolute atomic E-state index is 14.9. The normalized spacial score (nSPS) is 11.1. The number of carboxylic acid groups (broad SMARTS) is 1. The van der Waals surface area contributed by atoms with E-state index in [-0.39, 0.29) is 39.3 Å². The summed E-state index contributed by atoms with van der Waals surface area (Å²) >= 11 is 0.807. The van der Waals surface area contributed by atoms with E-state index in [1.165, 1.54) is 29.6 Å². The number of aryl methyl sites for hydroxylation is 1. The monoisotopic (exact) mass is 632 g/mol. The number of rotatable bonds is 10. The maximum Gasteiger partial charge on any atom is 0.347 e. The number of phenolic OH excluding ortho intramolecular Hbond substituents is 1. The Morgan fingerprint density at radius 3 is 2.23 bits per heavy atom. The average molecular weight is 633 g/mol. The first-order chi connectivity index (χ1) is 21.0. The van der Waals surface area contributed by atoms with Crippen molar-refractivity contribution in [3.63, 3.8) is 0 Å². The molecule has 4 N–H and O–H groups in total. The fourth-order valence-electron chi connectivity index (χ4n) is 4.41. The van der Waals surface area contributed by atoms with Crippen LogP contribution in [-0.2, 0) is 16.6 Å². The summed E-state index contributed by atoms with van der Waals surface area (Å²) in [6.07, 6.45) is 0. The topological polar surface area (TPSA) is 142 Å². The predicted molar refractivity (Wildman–Crippen MR) is 165 cm³/mol. The molecule has 0 aliphatic carbocycles. The number of aromatic hydroxyl groups is 1. The van der Waals surface area contributed by atoms with Crippen molar-refractivity contribution in [3.8, 4) is 22.6 Å². The Hall–Kier alpha value is -5.20. The van der Waals surface area contributed by atoms with Gasteiger partial charge in [-0.25, -0.2) is 17.6 Å². The van der Waals surface area contributed by atoms with Gasteiger partial charge in [0.2, 0.25) is 0 Å². The summed E-state index contributed by atoms with van der Waals surface area (Å²) < 4.78 is 48.6. The van der Waals surface area contributed by atoms with Crippen LogP contribution in [0, 0.1) is 12.7 Å².